The Morgan fingerprint density at radius 3 is 2.33 bits per heavy atom. The number of fused-ring (bicyclic) bond motifs is 3. The maximum Gasteiger partial charge on any atom is 0.329 e. The third kappa shape index (κ3) is 16.6. The first-order valence-corrected chi connectivity index (χ1v) is 25.9. The monoisotopic (exact) mass is 1020 g/mol. The molecule has 1 amide bonds. The smallest absolute Gasteiger partial charge is 0.329 e. The van der Waals surface area contributed by atoms with E-state index >= 15 is 0 Å². The van der Waals surface area contributed by atoms with Crippen molar-refractivity contribution in [3.63, 3.8) is 0 Å². The third-order valence-corrected chi connectivity index (χ3v) is 15.0. The minimum absolute atomic E-state index is 0.0251. The number of amides is 1. The van der Waals surface area contributed by atoms with Crippen molar-refractivity contribution in [1.29, 1.82) is 0 Å². The van der Waals surface area contributed by atoms with Gasteiger partial charge in [-0.2, -0.15) is 0 Å². The van der Waals surface area contributed by atoms with Crippen molar-refractivity contribution >= 4 is 34.9 Å². The fraction of sp³-hybridized carbons (Fsp3) is 0.655. The molecule has 0 spiro atoms. The first-order chi connectivity index (χ1) is 34.8. The number of ether oxygens (including phenoxy) is 5. The summed E-state index contributed by atoms with van der Waals surface area (Å²) in [5, 5.41) is 37.6. The lowest BCUT2D eigenvalue weighted by Crippen LogP contribution is -2.58. The molecule has 3 aliphatic heterocycles. The molecular formula is C55H79N5O13. The van der Waals surface area contributed by atoms with Gasteiger partial charge in [0.25, 0.3) is 11.7 Å². The van der Waals surface area contributed by atoms with E-state index in [4.69, 9.17) is 34.9 Å². The molecule has 1 aliphatic carbocycles. The lowest BCUT2D eigenvalue weighted by molar-refractivity contribution is -0.245. The van der Waals surface area contributed by atoms with Crippen molar-refractivity contribution in [2.24, 2.45) is 34.5 Å². The molecule has 73 heavy (non-hydrogen) atoms. The van der Waals surface area contributed by atoms with E-state index in [-0.39, 0.29) is 55.4 Å². The largest absolute Gasteiger partial charge is 0.459 e. The summed E-state index contributed by atoms with van der Waals surface area (Å²) in [5.74, 6) is -8.01. The number of carbonyl (C=O) groups is 5. The molecule has 5 rings (SSSR count). The number of benzene rings is 1. The number of Topliss-reactive ketones (excluding diaryl/α,β-unsaturated/α-hetero) is 3. The number of aliphatic hydroxyl groups excluding tert-OH is 2. The van der Waals surface area contributed by atoms with Gasteiger partial charge in [0, 0.05) is 68.5 Å². The van der Waals surface area contributed by atoms with Crippen LogP contribution in [0.2, 0.25) is 0 Å². The molecule has 14 atom stereocenters. The Morgan fingerprint density at radius 2 is 1.63 bits per heavy atom. The topological polar surface area (TPSA) is 270 Å². The predicted molar refractivity (Wildman–Crippen MR) is 272 cm³/mol. The fourth-order valence-electron chi connectivity index (χ4n) is 10.6. The number of allylic oxidation sites excluding steroid dienone is 6. The van der Waals surface area contributed by atoms with Crippen LogP contribution in [-0.2, 0) is 54.3 Å². The van der Waals surface area contributed by atoms with E-state index in [1.165, 1.54) is 13.0 Å². The normalized spacial score (nSPS) is 34.9. The maximum absolute atomic E-state index is 14.4. The Bertz CT molecular complexity index is 2220. The zero-order chi connectivity index (χ0) is 53.4. The van der Waals surface area contributed by atoms with Gasteiger partial charge in [-0.05, 0) is 112 Å². The number of carbonyl (C=O) groups excluding carboxylic acids is 5. The Balaban J connectivity index is 1.40. The molecule has 4 aliphatic rings. The molecule has 402 valence electrons. The first kappa shape index (κ1) is 59.0. The second-order valence-electron chi connectivity index (χ2n) is 20.7. The van der Waals surface area contributed by atoms with Gasteiger partial charge in [0.2, 0.25) is 5.79 Å². The Hall–Kier alpha value is -4.88. The van der Waals surface area contributed by atoms with Crippen molar-refractivity contribution in [2.45, 2.75) is 185 Å². The molecule has 0 unspecified atom stereocenters. The number of rotatable bonds is 9. The van der Waals surface area contributed by atoms with Gasteiger partial charge in [0.1, 0.15) is 30.1 Å². The van der Waals surface area contributed by atoms with Crippen LogP contribution in [0.5, 0.6) is 0 Å². The second kappa shape index (κ2) is 28.1. The van der Waals surface area contributed by atoms with Gasteiger partial charge in [0.15, 0.2) is 5.78 Å². The molecule has 0 aromatic heterocycles. The highest BCUT2D eigenvalue weighted by molar-refractivity contribution is 6.39. The summed E-state index contributed by atoms with van der Waals surface area (Å²) in [6, 6.07) is 4.98. The number of azide groups is 1. The Morgan fingerprint density at radius 1 is 0.890 bits per heavy atom. The maximum atomic E-state index is 14.4. The van der Waals surface area contributed by atoms with Crippen molar-refractivity contribution < 1.29 is 63.0 Å². The van der Waals surface area contributed by atoms with Crippen LogP contribution in [0.4, 0.5) is 5.69 Å². The molecular weight excluding hydrogens is 939 g/mol. The van der Waals surface area contributed by atoms with E-state index in [0.29, 0.717) is 76.5 Å². The number of esters is 1. The summed E-state index contributed by atoms with van der Waals surface area (Å²) in [6.07, 6.45) is 9.24. The molecule has 1 aromatic carbocycles. The van der Waals surface area contributed by atoms with Gasteiger partial charge in [-0.1, -0.05) is 86.6 Å². The van der Waals surface area contributed by atoms with Crippen LogP contribution in [0, 0.1) is 23.7 Å². The number of nitrogens with two attached hydrogens (primary N) is 1. The van der Waals surface area contributed by atoms with Gasteiger partial charge in [-0.25, -0.2) is 4.79 Å². The summed E-state index contributed by atoms with van der Waals surface area (Å²) < 4.78 is 30.2. The Kier molecular flexibility index (Phi) is 22.7. The molecule has 1 aromatic rings. The fourth-order valence-corrected chi connectivity index (χ4v) is 10.6. The van der Waals surface area contributed by atoms with E-state index in [1.54, 1.807) is 40.2 Å². The van der Waals surface area contributed by atoms with Gasteiger partial charge in [-0.3, -0.25) is 19.2 Å². The average molecular weight is 1020 g/mol. The van der Waals surface area contributed by atoms with E-state index in [9.17, 15) is 39.3 Å². The number of hydrogen-bond acceptors (Lipinski definition) is 15. The van der Waals surface area contributed by atoms with Crippen molar-refractivity contribution in [1.82, 2.24) is 4.90 Å². The molecule has 18 nitrogen and oxygen atoms in total. The minimum atomic E-state index is -2.43. The highest BCUT2D eigenvalue weighted by atomic mass is 16.6. The molecule has 2 bridgehead atoms. The van der Waals surface area contributed by atoms with E-state index < -0.39 is 89.5 Å². The number of nitrogens with zero attached hydrogens (tertiary/aromatic N) is 4. The van der Waals surface area contributed by atoms with Gasteiger partial charge in [0.05, 0.1) is 31.0 Å². The standard InChI is InChI=1S/C55H79N5O13/c1-33-14-9-8-10-15-34(2)46(69-6)30-41-16-13-24-55(68,73-41)52(65)53(66)60-25-12-11-17-43(60)54(67)72-47(31-44(61)35(3)27-37(5)50(63)51(64)49(62)36(4)26-33)42(56)28-39-20-23-45(48(29-39)70-7)71-32-38-18-21-40(22-19-38)58-59-57/h8-10,14-15,18-19,21-22,27,33,35-36,39,41-43,45-48,50-51,63-64,68H,11-13,16-17,20,23-26,28-32,56H2,1-7H3/b10-8?,14-9+,34-15?,37-27+/t33-,35-,36-,39+,41+,42-,43+,45-,46+,47+,48-,50-,51+,55-/m1/s1. The summed E-state index contributed by atoms with van der Waals surface area (Å²) in [4.78, 5) is 74.2. The van der Waals surface area contributed by atoms with Crippen LogP contribution in [-0.4, -0.2) is 131 Å². The molecule has 0 radical (unpaired) electrons. The first-order valence-electron chi connectivity index (χ1n) is 25.9. The summed E-state index contributed by atoms with van der Waals surface area (Å²) in [6.45, 7) is 9.02. The zero-order valence-corrected chi connectivity index (χ0v) is 43.7. The molecule has 3 fully saturated rings. The highest BCUT2D eigenvalue weighted by Crippen LogP contribution is 2.35. The Labute approximate surface area is 430 Å². The molecule has 1 saturated carbocycles. The highest BCUT2D eigenvalue weighted by Gasteiger charge is 2.49. The molecule has 3 heterocycles. The van der Waals surface area contributed by atoms with Gasteiger partial charge < -0.3 is 49.6 Å². The van der Waals surface area contributed by atoms with Gasteiger partial charge in [-0.15, -0.1) is 0 Å². The number of ketones is 3. The predicted octanol–water partition coefficient (Wildman–Crippen LogP) is 7.14. The van der Waals surface area contributed by atoms with Crippen LogP contribution in [0.1, 0.15) is 124 Å². The number of cyclic esters (lactones) is 1. The van der Waals surface area contributed by atoms with Crippen LogP contribution < -0.4 is 5.73 Å². The van der Waals surface area contributed by atoms with E-state index in [0.717, 1.165) is 16.0 Å². The van der Waals surface area contributed by atoms with E-state index in [1.807, 2.05) is 56.4 Å². The van der Waals surface area contributed by atoms with Crippen molar-refractivity contribution in [3.05, 3.63) is 87.9 Å². The van der Waals surface area contributed by atoms with Crippen molar-refractivity contribution in [2.75, 3.05) is 20.8 Å². The van der Waals surface area contributed by atoms with Crippen LogP contribution in [0.3, 0.4) is 0 Å². The zero-order valence-electron chi connectivity index (χ0n) is 43.7. The summed E-state index contributed by atoms with van der Waals surface area (Å²) >= 11 is 0. The number of piperidine rings is 1. The molecule has 5 N–H and O–H groups in total. The number of aliphatic hydroxyl groups is 3. The summed E-state index contributed by atoms with van der Waals surface area (Å²) in [7, 11) is 3.16. The second-order valence-corrected chi connectivity index (χ2v) is 20.7. The van der Waals surface area contributed by atoms with Gasteiger partial charge >= 0.3 is 5.97 Å². The third-order valence-electron chi connectivity index (χ3n) is 15.0. The van der Waals surface area contributed by atoms with Crippen LogP contribution >= 0.6 is 0 Å². The van der Waals surface area contributed by atoms with Crippen molar-refractivity contribution in [3.8, 4) is 0 Å². The number of methoxy groups -OCH3 is 2. The average Bonchev–Trinajstić information content (AvgIpc) is 3.38. The van der Waals surface area contributed by atoms with E-state index in [2.05, 4.69) is 10.0 Å². The quantitative estimate of drug-likeness (QED) is 0.0478. The molecule has 18 heteroatoms. The lowest BCUT2D eigenvalue weighted by Gasteiger charge is -2.40. The lowest BCUT2D eigenvalue weighted by atomic mass is 9.80. The van der Waals surface area contributed by atoms with Crippen LogP contribution in [0.25, 0.3) is 10.4 Å². The summed E-state index contributed by atoms with van der Waals surface area (Å²) in [5.41, 5.74) is 18.1. The van der Waals surface area contributed by atoms with Crippen LogP contribution in [0.15, 0.2) is 77.0 Å². The minimum Gasteiger partial charge on any atom is -0.459 e. The molecule has 2 saturated heterocycles. The number of hydrogen-bond donors (Lipinski definition) is 4. The SMILES string of the molecule is CO[C@H]1C[C@@H]2CCC[C@@](O)(O2)C(=O)C(=O)N2CCCC[C@H]2C(=O)O[C@H]([C@H](N)C[C@@H]2CC[C@@H](OCc3ccc(N=[N+]=[N-])cc3)[C@H](OC)C2)CC(=O)[C@H](C)/C=C(\C)[C@@H](O)[C@@H](O)C(=O)[C@H](C)C[C@H](C)/C=C/C=CC=C1C.